The molecule has 26 heavy (non-hydrogen) atoms. The van der Waals surface area contributed by atoms with Gasteiger partial charge in [0.15, 0.2) is 6.10 Å². The number of amides is 2. The zero-order valence-electron chi connectivity index (χ0n) is 15.0. The first-order valence-electron chi connectivity index (χ1n) is 8.20. The molecule has 0 aromatic heterocycles. The van der Waals surface area contributed by atoms with Crippen molar-refractivity contribution < 1.29 is 24.0 Å². The number of nitrogens with one attached hydrogen (secondary N) is 2. The summed E-state index contributed by atoms with van der Waals surface area (Å²) in [4.78, 5) is 45.3. The van der Waals surface area contributed by atoms with Gasteiger partial charge in [-0.15, -0.1) is 0 Å². The van der Waals surface area contributed by atoms with Crippen molar-refractivity contribution in [1.82, 2.24) is 10.6 Å². The molecule has 0 radical (unpaired) electrons. The second kappa shape index (κ2) is 10.1. The summed E-state index contributed by atoms with van der Waals surface area (Å²) in [5.74, 6) is -1.16. The third kappa shape index (κ3) is 7.29. The summed E-state index contributed by atoms with van der Waals surface area (Å²) in [5.41, 5.74) is 0.125. The maximum absolute atomic E-state index is 11.9. The van der Waals surface area contributed by atoms with E-state index in [1.807, 2.05) is 13.8 Å². The quantitative estimate of drug-likeness (QED) is 0.387. The predicted octanol–water partition coefficient (Wildman–Crippen LogP) is 1.42. The Kier molecular flexibility index (Phi) is 8.20. The fraction of sp³-hybridized carbons (Fsp3) is 0.471. The fourth-order valence-corrected chi connectivity index (χ4v) is 1.87. The molecule has 1 rings (SSSR count). The van der Waals surface area contributed by atoms with Crippen LogP contribution in [0.1, 0.15) is 37.6 Å². The molecule has 2 amide bonds. The van der Waals surface area contributed by atoms with Crippen molar-refractivity contribution in [2.75, 3.05) is 13.1 Å². The van der Waals surface area contributed by atoms with Crippen molar-refractivity contribution in [2.24, 2.45) is 5.92 Å². The number of non-ortho nitro benzene ring substituents is 1. The van der Waals surface area contributed by atoms with Crippen LogP contribution in [-0.2, 0) is 14.3 Å². The molecule has 0 saturated heterocycles. The SMILES string of the molecule is CC(C)CNC(=O)[C@@H](C)OC(=O)CCNC(=O)c1ccc([N+](=O)[O-])cc1. The van der Waals surface area contributed by atoms with E-state index in [2.05, 4.69) is 10.6 Å². The van der Waals surface area contributed by atoms with Crippen LogP contribution in [0, 0.1) is 16.0 Å². The van der Waals surface area contributed by atoms with E-state index < -0.39 is 22.9 Å². The maximum Gasteiger partial charge on any atom is 0.308 e. The van der Waals surface area contributed by atoms with Gasteiger partial charge in [0.05, 0.1) is 11.3 Å². The van der Waals surface area contributed by atoms with Gasteiger partial charge in [-0.05, 0) is 25.0 Å². The third-order valence-electron chi connectivity index (χ3n) is 3.32. The van der Waals surface area contributed by atoms with Crippen LogP contribution >= 0.6 is 0 Å². The number of hydrogen-bond acceptors (Lipinski definition) is 6. The molecule has 0 saturated carbocycles. The molecule has 0 aliphatic carbocycles. The van der Waals surface area contributed by atoms with Crippen LogP contribution in [0.25, 0.3) is 0 Å². The van der Waals surface area contributed by atoms with Gasteiger partial charge in [0.1, 0.15) is 0 Å². The van der Waals surface area contributed by atoms with E-state index in [9.17, 15) is 24.5 Å². The molecule has 1 atom stereocenters. The number of nitro benzene ring substituents is 1. The van der Waals surface area contributed by atoms with E-state index in [0.29, 0.717) is 6.54 Å². The van der Waals surface area contributed by atoms with Crippen LogP contribution in [0.5, 0.6) is 0 Å². The van der Waals surface area contributed by atoms with E-state index in [-0.39, 0.29) is 36.0 Å². The molecular formula is C17H23N3O6. The van der Waals surface area contributed by atoms with Gasteiger partial charge < -0.3 is 15.4 Å². The normalized spacial score (nSPS) is 11.5. The van der Waals surface area contributed by atoms with Gasteiger partial charge in [-0.3, -0.25) is 24.5 Å². The molecule has 0 aliphatic heterocycles. The summed E-state index contributed by atoms with van der Waals surface area (Å²) in [6.07, 6.45) is -1.01. The molecular weight excluding hydrogens is 342 g/mol. The summed E-state index contributed by atoms with van der Waals surface area (Å²) in [6.45, 7) is 5.89. The standard InChI is InChI=1S/C17H23N3O6/c1-11(2)10-19-16(22)12(3)26-15(21)8-9-18-17(23)13-4-6-14(7-5-13)20(24)25/h4-7,11-12H,8-10H2,1-3H3,(H,18,23)(H,19,22)/t12-/m1/s1. The van der Waals surface area contributed by atoms with E-state index in [4.69, 9.17) is 4.74 Å². The number of hydrogen-bond donors (Lipinski definition) is 2. The van der Waals surface area contributed by atoms with Crippen molar-refractivity contribution in [3.63, 3.8) is 0 Å². The Hall–Kier alpha value is -2.97. The number of benzene rings is 1. The zero-order chi connectivity index (χ0) is 19.7. The van der Waals surface area contributed by atoms with E-state index in [1.165, 1.54) is 31.2 Å². The minimum atomic E-state index is -0.911. The van der Waals surface area contributed by atoms with Crippen LogP contribution in [0.2, 0.25) is 0 Å². The highest BCUT2D eigenvalue weighted by Crippen LogP contribution is 2.11. The molecule has 0 unspecified atom stereocenters. The van der Waals surface area contributed by atoms with E-state index >= 15 is 0 Å². The van der Waals surface area contributed by atoms with Crippen LogP contribution in [-0.4, -0.2) is 41.9 Å². The first-order chi connectivity index (χ1) is 12.2. The van der Waals surface area contributed by atoms with Gasteiger partial charge in [-0.25, -0.2) is 0 Å². The number of esters is 1. The number of carbonyl (C=O) groups is 3. The van der Waals surface area contributed by atoms with E-state index in [0.717, 1.165) is 0 Å². The van der Waals surface area contributed by atoms with Gasteiger partial charge in [0, 0.05) is 30.8 Å². The van der Waals surface area contributed by atoms with Crippen molar-refractivity contribution in [3.8, 4) is 0 Å². The lowest BCUT2D eigenvalue weighted by molar-refractivity contribution is -0.384. The predicted molar refractivity (Wildman–Crippen MR) is 93.4 cm³/mol. The van der Waals surface area contributed by atoms with Crippen molar-refractivity contribution in [2.45, 2.75) is 33.3 Å². The Balaban J connectivity index is 2.35. The molecule has 0 bridgehead atoms. The minimum absolute atomic E-state index is 0.0228. The van der Waals surface area contributed by atoms with Crippen LogP contribution in [0.4, 0.5) is 5.69 Å². The Labute approximate surface area is 151 Å². The highest BCUT2D eigenvalue weighted by Gasteiger charge is 2.18. The highest BCUT2D eigenvalue weighted by atomic mass is 16.6. The molecule has 142 valence electrons. The lowest BCUT2D eigenvalue weighted by Crippen LogP contribution is -2.38. The molecule has 0 fully saturated rings. The lowest BCUT2D eigenvalue weighted by Gasteiger charge is -2.14. The largest absolute Gasteiger partial charge is 0.452 e. The molecule has 2 N–H and O–H groups in total. The topological polar surface area (TPSA) is 128 Å². The molecule has 0 spiro atoms. The van der Waals surface area contributed by atoms with Crippen LogP contribution in [0.15, 0.2) is 24.3 Å². The van der Waals surface area contributed by atoms with Gasteiger partial charge in [-0.2, -0.15) is 0 Å². The van der Waals surface area contributed by atoms with Crippen molar-refractivity contribution >= 4 is 23.5 Å². The van der Waals surface area contributed by atoms with Crippen molar-refractivity contribution in [1.29, 1.82) is 0 Å². The Bertz CT molecular complexity index is 657. The Morgan fingerprint density at radius 3 is 2.27 bits per heavy atom. The Morgan fingerprint density at radius 1 is 1.12 bits per heavy atom. The average Bonchev–Trinajstić information content (AvgIpc) is 2.59. The first kappa shape index (κ1) is 21.1. The molecule has 9 heteroatoms. The van der Waals surface area contributed by atoms with Crippen LogP contribution in [0.3, 0.4) is 0 Å². The molecule has 0 aliphatic rings. The smallest absolute Gasteiger partial charge is 0.308 e. The molecule has 0 heterocycles. The minimum Gasteiger partial charge on any atom is -0.452 e. The van der Waals surface area contributed by atoms with E-state index in [1.54, 1.807) is 0 Å². The second-order valence-electron chi connectivity index (χ2n) is 6.08. The molecule has 1 aromatic rings. The maximum atomic E-state index is 11.9. The first-order valence-corrected chi connectivity index (χ1v) is 8.20. The lowest BCUT2D eigenvalue weighted by atomic mass is 10.2. The van der Waals surface area contributed by atoms with Crippen LogP contribution < -0.4 is 10.6 Å². The summed E-state index contributed by atoms with van der Waals surface area (Å²) < 4.78 is 5.00. The van der Waals surface area contributed by atoms with Gasteiger partial charge in [0.25, 0.3) is 17.5 Å². The average molecular weight is 365 g/mol. The van der Waals surface area contributed by atoms with Crippen molar-refractivity contribution in [3.05, 3.63) is 39.9 Å². The second-order valence-corrected chi connectivity index (χ2v) is 6.08. The number of rotatable bonds is 9. The fourth-order valence-electron chi connectivity index (χ4n) is 1.87. The zero-order valence-corrected chi connectivity index (χ0v) is 15.0. The molecule has 1 aromatic carbocycles. The Morgan fingerprint density at radius 2 is 1.73 bits per heavy atom. The number of ether oxygens (including phenoxy) is 1. The number of nitro groups is 1. The highest BCUT2D eigenvalue weighted by molar-refractivity contribution is 5.94. The number of nitrogens with zero attached hydrogens (tertiary/aromatic N) is 1. The van der Waals surface area contributed by atoms with Gasteiger partial charge >= 0.3 is 5.97 Å². The van der Waals surface area contributed by atoms with Gasteiger partial charge in [0.2, 0.25) is 0 Å². The number of carbonyl (C=O) groups excluding carboxylic acids is 3. The summed E-state index contributed by atoms with van der Waals surface area (Å²) in [6, 6.07) is 5.10. The summed E-state index contributed by atoms with van der Waals surface area (Å²) in [5, 5.41) is 15.7. The molecule has 9 nitrogen and oxygen atoms in total. The monoisotopic (exact) mass is 365 g/mol. The third-order valence-corrected chi connectivity index (χ3v) is 3.32. The summed E-state index contributed by atoms with van der Waals surface area (Å²) in [7, 11) is 0. The van der Waals surface area contributed by atoms with Gasteiger partial charge in [-0.1, -0.05) is 13.8 Å². The summed E-state index contributed by atoms with van der Waals surface area (Å²) >= 11 is 0.